The van der Waals surface area contributed by atoms with Gasteiger partial charge in [-0.2, -0.15) is 0 Å². The summed E-state index contributed by atoms with van der Waals surface area (Å²) in [5, 5.41) is 0. The van der Waals surface area contributed by atoms with Crippen LogP contribution in [0.15, 0.2) is 28.0 Å². The Labute approximate surface area is 134 Å². The van der Waals surface area contributed by atoms with Crippen molar-refractivity contribution in [1.82, 2.24) is 0 Å². The van der Waals surface area contributed by atoms with Gasteiger partial charge in [-0.3, -0.25) is 9.59 Å². The second-order valence-electron chi connectivity index (χ2n) is 5.25. The molecule has 0 saturated heterocycles. The molecule has 0 fully saturated rings. The molecule has 0 aliphatic carbocycles. The van der Waals surface area contributed by atoms with Crippen molar-refractivity contribution in [3.63, 3.8) is 0 Å². The lowest BCUT2D eigenvalue weighted by atomic mass is 9.91. The average Bonchev–Trinajstić information content (AvgIpc) is 2.33. The highest BCUT2D eigenvalue weighted by molar-refractivity contribution is 7.91. The molecule has 128 valence electrons. The maximum absolute atomic E-state index is 12.0. The van der Waals surface area contributed by atoms with Crippen LogP contribution in [0.4, 0.5) is 0 Å². The summed E-state index contributed by atoms with van der Waals surface area (Å²) in [6.07, 6.45) is 1.00. The molecule has 0 saturated carbocycles. The van der Waals surface area contributed by atoms with Crippen molar-refractivity contribution in [3.05, 3.63) is 23.8 Å². The minimum Gasteiger partial charge on any atom is -0.370 e. The van der Waals surface area contributed by atoms with Crippen molar-refractivity contribution in [2.24, 2.45) is 11.5 Å². The molecular formula is C13H18N2O6S2. The summed E-state index contributed by atoms with van der Waals surface area (Å²) in [6.45, 7) is 0. The van der Waals surface area contributed by atoms with E-state index in [1.807, 2.05) is 0 Å². The van der Waals surface area contributed by atoms with E-state index in [1.165, 1.54) is 18.2 Å². The average molecular weight is 362 g/mol. The van der Waals surface area contributed by atoms with Crippen LogP contribution in [0.3, 0.4) is 0 Å². The first-order valence-electron chi connectivity index (χ1n) is 6.43. The molecule has 10 heteroatoms. The number of nitrogens with two attached hydrogens (primary N) is 2. The fourth-order valence-electron chi connectivity index (χ4n) is 2.33. The zero-order chi connectivity index (χ0) is 18.0. The number of carbonyl (C=O) groups excluding carboxylic acids is 2. The minimum atomic E-state index is -3.80. The maximum Gasteiger partial charge on any atom is 0.218 e. The Morgan fingerprint density at radius 1 is 0.913 bits per heavy atom. The molecule has 1 aromatic carbocycles. The van der Waals surface area contributed by atoms with E-state index in [0.29, 0.717) is 0 Å². The first-order chi connectivity index (χ1) is 10.3. The quantitative estimate of drug-likeness (QED) is 0.655. The van der Waals surface area contributed by atoms with Crippen LogP contribution < -0.4 is 11.5 Å². The van der Waals surface area contributed by atoms with Gasteiger partial charge < -0.3 is 11.5 Å². The van der Waals surface area contributed by atoms with E-state index in [0.717, 1.165) is 12.5 Å². The zero-order valence-corrected chi connectivity index (χ0v) is 14.3. The van der Waals surface area contributed by atoms with Gasteiger partial charge in [0, 0.05) is 31.3 Å². The standard InChI is InChI=1S/C13H18N2O6S2/c1-22(18,19)9-4-3-5-10(23(2,20)21)13(9)8(6-11(14)16)7-12(15)17/h3-5,8H,6-7H2,1-2H3,(H2,14,16)(H2,15,17). The molecule has 0 bridgehead atoms. The lowest BCUT2D eigenvalue weighted by Crippen LogP contribution is -2.23. The fourth-order valence-corrected chi connectivity index (χ4v) is 4.40. The van der Waals surface area contributed by atoms with Crippen LogP contribution in [0.2, 0.25) is 0 Å². The van der Waals surface area contributed by atoms with E-state index in [2.05, 4.69) is 0 Å². The number of benzene rings is 1. The lowest BCUT2D eigenvalue weighted by molar-refractivity contribution is -0.119. The summed E-state index contributed by atoms with van der Waals surface area (Å²) >= 11 is 0. The number of rotatable bonds is 7. The summed E-state index contributed by atoms with van der Waals surface area (Å²) in [7, 11) is -7.60. The van der Waals surface area contributed by atoms with E-state index < -0.39 is 50.2 Å². The number of primary amides is 2. The largest absolute Gasteiger partial charge is 0.370 e. The van der Waals surface area contributed by atoms with E-state index in [4.69, 9.17) is 11.5 Å². The number of amides is 2. The highest BCUT2D eigenvalue weighted by Gasteiger charge is 2.29. The zero-order valence-electron chi connectivity index (χ0n) is 12.6. The van der Waals surface area contributed by atoms with Crippen molar-refractivity contribution >= 4 is 31.5 Å². The van der Waals surface area contributed by atoms with Gasteiger partial charge in [-0.05, 0) is 17.7 Å². The Balaban J connectivity index is 3.80. The van der Waals surface area contributed by atoms with Crippen LogP contribution in [0, 0.1) is 0 Å². The molecule has 1 aromatic rings. The third kappa shape index (κ3) is 5.03. The summed E-state index contributed by atoms with van der Waals surface area (Å²) in [5.41, 5.74) is 10.1. The third-order valence-corrected chi connectivity index (χ3v) is 5.44. The summed E-state index contributed by atoms with van der Waals surface area (Å²) in [4.78, 5) is 22.0. The molecule has 0 atom stereocenters. The molecule has 1 rings (SSSR count). The van der Waals surface area contributed by atoms with E-state index in [-0.39, 0.29) is 15.4 Å². The monoisotopic (exact) mass is 362 g/mol. The molecule has 0 unspecified atom stereocenters. The Hall–Kier alpha value is -1.94. The van der Waals surface area contributed by atoms with Crippen molar-refractivity contribution in [1.29, 1.82) is 0 Å². The summed E-state index contributed by atoms with van der Waals surface area (Å²) < 4.78 is 47.9. The van der Waals surface area contributed by atoms with Crippen molar-refractivity contribution in [2.75, 3.05) is 12.5 Å². The van der Waals surface area contributed by atoms with Gasteiger partial charge in [0.05, 0.1) is 9.79 Å². The molecule has 4 N–H and O–H groups in total. The molecular weight excluding hydrogens is 344 g/mol. The van der Waals surface area contributed by atoms with Gasteiger partial charge in [-0.15, -0.1) is 0 Å². The van der Waals surface area contributed by atoms with E-state index in [9.17, 15) is 26.4 Å². The lowest BCUT2D eigenvalue weighted by Gasteiger charge is -2.20. The Bertz CT molecular complexity index is 777. The molecule has 0 spiro atoms. The first-order valence-corrected chi connectivity index (χ1v) is 10.2. The molecule has 23 heavy (non-hydrogen) atoms. The summed E-state index contributed by atoms with van der Waals surface area (Å²) in [6, 6.07) is 3.71. The van der Waals surface area contributed by atoms with E-state index in [1.54, 1.807) is 0 Å². The maximum atomic E-state index is 12.0. The van der Waals surface area contributed by atoms with Crippen LogP contribution in [0.5, 0.6) is 0 Å². The van der Waals surface area contributed by atoms with Gasteiger partial charge in [0.1, 0.15) is 0 Å². The molecule has 0 aliphatic heterocycles. The van der Waals surface area contributed by atoms with Gasteiger partial charge >= 0.3 is 0 Å². The second-order valence-corrected chi connectivity index (χ2v) is 9.22. The fraction of sp³-hybridized carbons (Fsp3) is 0.385. The molecule has 0 aliphatic rings. The van der Waals surface area contributed by atoms with Gasteiger partial charge in [0.15, 0.2) is 19.7 Å². The number of hydrogen-bond donors (Lipinski definition) is 2. The first kappa shape index (κ1) is 19.1. The number of sulfone groups is 2. The predicted octanol–water partition coefficient (Wildman–Crippen LogP) is -0.672. The molecule has 8 nitrogen and oxygen atoms in total. The highest BCUT2D eigenvalue weighted by Crippen LogP contribution is 2.34. The van der Waals surface area contributed by atoms with Gasteiger partial charge in [0.2, 0.25) is 11.8 Å². The van der Waals surface area contributed by atoms with Gasteiger partial charge in [0.25, 0.3) is 0 Å². The van der Waals surface area contributed by atoms with Crippen LogP contribution in [0.25, 0.3) is 0 Å². The normalized spacial score (nSPS) is 12.3. The Morgan fingerprint density at radius 3 is 1.52 bits per heavy atom. The highest BCUT2D eigenvalue weighted by atomic mass is 32.2. The number of hydrogen-bond acceptors (Lipinski definition) is 6. The van der Waals surface area contributed by atoms with Gasteiger partial charge in [-0.1, -0.05) is 6.07 Å². The van der Waals surface area contributed by atoms with Crippen LogP contribution in [-0.2, 0) is 29.3 Å². The second kappa shape index (κ2) is 6.67. The summed E-state index contributed by atoms with van der Waals surface area (Å²) in [5.74, 6) is -2.65. The van der Waals surface area contributed by atoms with Crippen molar-refractivity contribution in [3.8, 4) is 0 Å². The number of carbonyl (C=O) groups is 2. The minimum absolute atomic E-state index is 0.130. The van der Waals surface area contributed by atoms with Crippen molar-refractivity contribution < 1.29 is 26.4 Å². The topological polar surface area (TPSA) is 154 Å². The molecule has 2 amide bonds. The van der Waals surface area contributed by atoms with Crippen LogP contribution in [-0.4, -0.2) is 41.2 Å². The molecule has 0 radical (unpaired) electrons. The SMILES string of the molecule is CS(=O)(=O)c1cccc(S(C)(=O)=O)c1C(CC(N)=O)CC(N)=O. The van der Waals surface area contributed by atoms with Gasteiger partial charge in [-0.25, -0.2) is 16.8 Å². The third-order valence-electron chi connectivity index (χ3n) is 3.13. The van der Waals surface area contributed by atoms with E-state index >= 15 is 0 Å². The predicted molar refractivity (Wildman–Crippen MR) is 83.0 cm³/mol. The smallest absolute Gasteiger partial charge is 0.218 e. The van der Waals surface area contributed by atoms with Crippen LogP contribution >= 0.6 is 0 Å². The Morgan fingerprint density at radius 2 is 1.26 bits per heavy atom. The van der Waals surface area contributed by atoms with Crippen molar-refractivity contribution in [2.45, 2.75) is 28.6 Å². The molecule has 0 heterocycles. The Kier molecular flexibility index (Phi) is 5.54. The molecule has 0 aromatic heterocycles. The van der Waals surface area contributed by atoms with Crippen LogP contribution in [0.1, 0.15) is 24.3 Å².